The number of likely N-dealkylation sites (tertiary alicyclic amines) is 1. The van der Waals surface area contributed by atoms with Crippen LogP contribution in [0.2, 0.25) is 0 Å². The molecule has 0 aromatic heterocycles. The molecule has 5 heteroatoms. The molecule has 0 aromatic carbocycles. The smallest absolute Gasteiger partial charge is 0.244 e. The van der Waals surface area contributed by atoms with Crippen LogP contribution >= 0.6 is 0 Å². The van der Waals surface area contributed by atoms with E-state index in [4.69, 9.17) is 5.73 Å². The number of amides is 2. The van der Waals surface area contributed by atoms with E-state index in [1.165, 1.54) is 6.42 Å². The van der Waals surface area contributed by atoms with E-state index in [9.17, 15) is 9.59 Å². The van der Waals surface area contributed by atoms with Crippen LogP contribution in [0.3, 0.4) is 0 Å². The molecule has 21 heavy (non-hydrogen) atoms. The van der Waals surface area contributed by atoms with Gasteiger partial charge in [-0.05, 0) is 51.5 Å². The van der Waals surface area contributed by atoms with Crippen LogP contribution in [0, 0.1) is 11.8 Å². The monoisotopic (exact) mass is 295 g/mol. The maximum atomic E-state index is 12.4. The van der Waals surface area contributed by atoms with E-state index in [1.807, 2.05) is 4.90 Å². The van der Waals surface area contributed by atoms with Crippen LogP contribution in [0.5, 0.6) is 0 Å². The standard InChI is InChI=1S/C16H29N3O2/c1-12(16(21)19-9-2-3-10-19)18-15(20)14-6-4-5-13(11-14)7-8-17/h12-14H,2-11,17H2,1H3,(H,18,20). The molecule has 2 amide bonds. The number of nitrogens with one attached hydrogen (secondary N) is 1. The minimum absolute atomic E-state index is 0.0526. The minimum atomic E-state index is -0.398. The summed E-state index contributed by atoms with van der Waals surface area (Å²) in [4.78, 5) is 26.5. The number of hydrogen-bond donors (Lipinski definition) is 2. The molecule has 1 saturated carbocycles. The Morgan fingerprint density at radius 1 is 1.24 bits per heavy atom. The molecule has 1 saturated heterocycles. The maximum absolute atomic E-state index is 12.4. The van der Waals surface area contributed by atoms with Crippen LogP contribution in [0.15, 0.2) is 0 Å². The van der Waals surface area contributed by atoms with Gasteiger partial charge in [-0.1, -0.05) is 12.8 Å². The molecular weight excluding hydrogens is 266 g/mol. The fourth-order valence-electron chi connectivity index (χ4n) is 3.63. The van der Waals surface area contributed by atoms with E-state index < -0.39 is 6.04 Å². The van der Waals surface area contributed by atoms with Crippen molar-refractivity contribution in [3.05, 3.63) is 0 Å². The Hall–Kier alpha value is -1.10. The quantitative estimate of drug-likeness (QED) is 0.802. The lowest BCUT2D eigenvalue weighted by Crippen LogP contribution is -2.48. The third kappa shape index (κ3) is 4.43. The van der Waals surface area contributed by atoms with Gasteiger partial charge in [-0.25, -0.2) is 0 Å². The average Bonchev–Trinajstić information content (AvgIpc) is 3.01. The van der Waals surface area contributed by atoms with Crippen molar-refractivity contribution in [1.82, 2.24) is 10.2 Å². The van der Waals surface area contributed by atoms with Crippen LogP contribution in [0.1, 0.15) is 51.9 Å². The van der Waals surface area contributed by atoms with Gasteiger partial charge in [0.15, 0.2) is 0 Å². The summed E-state index contributed by atoms with van der Waals surface area (Å²) in [5.74, 6) is 0.750. The highest BCUT2D eigenvalue weighted by atomic mass is 16.2. The zero-order chi connectivity index (χ0) is 15.2. The van der Waals surface area contributed by atoms with Crippen molar-refractivity contribution in [1.29, 1.82) is 0 Å². The first-order valence-electron chi connectivity index (χ1n) is 8.41. The van der Waals surface area contributed by atoms with Crippen LogP contribution < -0.4 is 11.1 Å². The van der Waals surface area contributed by atoms with Gasteiger partial charge in [0.25, 0.3) is 0 Å². The molecule has 0 spiro atoms. The molecule has 3 unspecified atom stereocenters. The van der Waals surface area contributed by atoms with Crippen molar-refractivity contribution in [3.8, 4) is 0 Å². The molecule has 2 fully saturated rings. The van der Waals surface area contributed by atoms with Crippen LogP contribution in [0.25, 0.3) is 0 Å². The molecule has 0 bridgehead atoms. The second kappa shape index (κ2) is 7.78. The Labute approximate surface area is 127 Å². The summed E-state index contributed by atoms with van der Waals surface area (Å²) in [6.07, 6.45) is 7.31. The SMILES string of the molecule is CC(NC(=O)C1CCCC(CCN)C1)C(=O)N1CCCC1. The van der Waals surface area contributed by atoms with Crippen molar-refractivity contribution in [2.24, 2.45) is 17.6 Å². The molecule has 0 radical (unpaired) electrons. The van der Waals surface area contributed by atoms with E-state index in [2.05, 4.69) is 5.32 Å². The number of nitrogens with zero attached hydrogens (tertiary/aromatic N) is 1. The summed E-state index contributed by atoms with van der Waals surface area (Å²) >= 11 is 0. The van der Waals surface area contributed by atoms with Crippen molar-refractivity contribution in [2.75, 3.05) is 19.6 Å². The van der Waals surface area contributed by atoms with E-state index >= 15 is 0 Å². The molecule has 1 heterocycles. The molecule has 2 rings (SSSR count). The van der Waals surface area contributed by atoms with Crippen LogP contribution in [-0.4, -0.2) is 42.4 Å². The molecule has 0 aromatic rings. The van der Waals surface area contributed by atoms with Gasteiger partial charge >= 0.3 is 0 Å². The Kier molecular flexibility index (Phi) is 6.03. The second-order valence-corrected chi connectivity index (χ2v) is 6.57. The molecule has 1 aliphatic carbocycles. The fraction of sp³-hybridized carbons (Fsp3) is 0.875. The van der Waals surface area contributed by atoms with Gasteiger partial charge in [-0.3, -0.25) is 9.59 Å². The van der Waals surface area contributed by atoms with Crippen molar-refractivity contribution >= 4 is 11.8 Å². The van der Waals surface area contributed by atoms with E-state index in [0.29, 0.717) is 12.5 Å². The van der Waals surface area contributed by atoms with Crippen LogP contribution in [0.4, 0.5) is 0 Å². The number of rotatable bonds is 5. The third-order valence-electron chi connectivity index (χ3n) is 4.88. The molecule has 2 aliphatic rings. The van der Waals surface area contributed by atoms with Gasteiger partial charge in [-0.15, -0.1) is 0 Å². The summed E-state index contributed by atoms with van der Waals surface area (Å²) in [6.45, 7) is 4.17. The van der Waals surface area contributed by atoms with E-state index in [-0.39, 0.29) is 17.7 Å². The predicted molar refractivity (Wildman–Crippen MR) is 82.5 cm³/mol. The van der Waals surface area contributed by atoms with Gasteiger partial charge in [0, 0.05) is 19.0 Å². The van der Waals surface area contributed by atoms with Gasteiger partial charge < -0.3 is 16.0 Å². The first-order chi connectivity index (χ1) is 10.1. The molecule has 3 N–H and O–H groups in total. The Morgan fingerprint density at radius 2 is 1.95 bits per heavy atom. The van der Waals surface area contributed by atoms with E-state index in [1.54, 1.807) is 6.92 Å². The zero-order valence-corrected chi connectivity index (χ0v) is 13.1. The summed E-state index contributed by atoms with van der Waals surface area (Å²) in [5.41, 5.74) is 5.62. The molecular formula is C16H29N3O2. The zero-order valence-electron chi connectivity index (χ0n) is 13.1. The highest BCUT2D eigenvalue weighted by Crippen LogP contribution is 2.31. The number of nitrogens with two attached hydrogens (primary N) is 1. The van der Waals surface area contributed by atoms with Gasteiger partial charge in [0.05, 0.1) is 0 Å². The van der Waals surface area contributed by atoms with Crippen molar-refractivity contribution in [3.63, 3.8) is 0 Å². The summed E-state index contributed by atoms with van der Waals surface area (Å²) in [6, 6.07) is -0.398. The van der Waals surface area contributed by atoms with Crippen molar-refractivity contribution in [2.45, 2.75) is 57.9 Å². The average molecular weight is 295 g/mol. The number of hydrogen-bond acceptors (Lipinski definition) is 3. The number of carbonyl (C=O) groups excluding carboxylic acids is 2. The van der Waals surface area contributed by atoms with Gasteiger partial charge in [-0.2, -0.15) is 0 Å². The molecule has 120 valence electrons. The normalized spacial score (nSPS) is 27.4. The summed E-state index contributed by atoms with van der Waals surface area (Å²) in [7, 11) is 0. The number of carbonyl (C=O) groups is 2. The van der Waals surface area contributed by atoms with Gasteiger partial charge in [0.2, 0.25) is 11.8 Å². The molecule has 5 nitrogen and oxygen atoms in total. The topological polar surface area (TPSA) is 75.4 Å². The maximum Gasteiger partial charge on any atom is 0.244 e. The highest BCUT2D eigenvalue weighted by molar-refractivity contribution is 5.88. The van der Waals surface area contributed by atoms with Crippen LogP contribution in [-0.2, 0) is 9.59 Å². The Balaban J connectivity index is 1.81. The predicted octanol–water partition coefficient (Wildman–Crippen LogP) is 1.27. The minimum Gasteiger partial charge on any atom is -0.344 e. The van der Waals surface area contributed by atoms with E-state index in [0.717, 1.165) is 51.6 Å². The lowest BCUT2D eigenvalue weighted by atomic mass is 9.79. The molecule has 1 aliphatic heterocycles. The Bertz CT molecular complexity index is 365. The lowest BCUT2D eigenvalue weighted by Gasteiger charge is -2.29. The first-order valence-corrected chi connectivity index (χ1v) is 8.41. The first kappa shape index (κ1) is 16.3. The highest BCUT2D eigenvalue weighted by Gasteiger charge is 2.30. The third-order valence-corrected chi connectivity index (χ3v) is 4.88. The molecule has 3 atom stereocenters. The van der Waals surface area contributed by atoms with Crippen molar-refractivity contribution < 1.29 is 9.59 Å². The Morgan fingerprint density at radius 3 is 2.62 bits per heavy atom. The largest absolute Gasteiger partial charge is 0.344 e. The van der Waals surface area contributed by atoms with Gasteiger partial charge in [0.1, 0.15) is 6.04 Å². The lowest BCUT2D eigenvalue weighted by molar-refractivity contribution is -0.136. The second-order valence-electron chi connectivity index (χ2n) is 6.57. The fourth-order valence-corrected chi connectivity index (χ4v) is 3.63. The summed E-state index contributed by atoms with van der Waals surface area (Å²) < 4.78 is 0. The summed E-state index contributed by atoms with van der Waals surface area (Å²) in [5, 5.41) is 2.93.